The molecular weight excluding hydrogens is 285 g/mol. The van der Waals surface area contributed by atoms with Gasteiger partial charge in [-0.1, -0.05) is 23.8 Å². The smallest absolute Gasteiger partial charge is 0.307 e. The van der Waals surface area contributed by atoms with Gasteiger partial charge in [-0.05, 0) is 31.0 Å². The second kappa shape index (κ2) is 6.05. The first-order valence-electron chi connectivity index (χ1n) is 6.12. The van der Waals surface area contributed by atoms with Gasteiger partial charge in [-0.3, -0.25) is 9.59 Å². The molecule has 0 spiro atoms. The van der Waals surface area contributed by atoms with Gasteiger partial charge in [0.1, 0.15) is 5.82 Å². The van der Waals surface area contributed by atoms with Crippen LogP contribution in [0.1, 0.15) is 12.8 Å². The Kier molecular flexibility index (Phi) is 4.39. The molecule has 0 unspecified atom stereocenters. The summed E-state index contributed by atoms with van der Waals surface area (Å²) in [5.74, 6) is -3.33. The van der Waals surface area contributed by atoms with E-state index in [0.29, 0.717) is 12.8 Å². The summed E-state index contributed by atoms with van der Waals surface area (Å²) in [5.41, 5.74) is 0.275. The third-order valence-corrected chi connectivity index (χ3v) is 3.59. The minimum Gasteiger partial charge on any atom is -0.481 e. The maximum atomic E-state index is 12.9. The van der Waals surface area contributed by atoms with Crippen molar-refractivity contribution in [2.45, 2.75) is 12.8 Å². The van der Waals surface area contributed by atoms with Crippen LogP contribution in [0.5, 0.6) is 0 Å². The van der Waals surface area contributed by atoms with Gasteiger partial charge in [0, 0.05) is 0 Å². The summed E-state index contributed by atoms with van der Waals surface area (Å²) in [5, 5.41) is 11.8. The molecule has 6 heteroatoms. The quantitative estimate of drug-likeness (QED) is 0.843. The molecule has 2 N–H and O–H groups in total. The predicted octanol–water partition coefficient (Wildman–Crippen LogP) is 3.08. The van der Waals surface area contributed by atoms with E-state index in [1.54, 1.807) is 12.2 Å². The monoisotopic (exact) mass is 297 g/mol. The number of aliphatic carboxylic acids is 1. The molecule has 1 aliphatic carbocycles. The molecular formula is C14H13ClFNO3. The number of carbonyl (C=O) groups excluding carboxylic acids is 1. The maximum Gasteiger partial charge on any atom is 0.307 e. The Morgan fingerprint density at radius 3 is 2.50 bits per heavy atom. The lowest BCUT2D eigenvalue weighted by molar-refractivity contribution is -0.146. The van der Waals surface area contributed by atoms with Crippen LogP contribution < -0.4 is 5.32 Å². The minimum atomic E-state index is -1.00. The van der Waals surface area contributed by atoms with Crippen molar-refractivity contribution >= 4 is 29.2 Å². The van der Waals surface area contributed by atoms with E-state index in [4.69, 9.17) is 16.7 Å². The van der Waals surface area contributed by atoms with Gasteiger partial charge in [-0.15, -0.1) is 0 Å². The lowest BCUT2D eigenvalue weighted by Gasteiger charge is -2.24. The average Bonchev–Trinajstić information content (AvgIpc) is 2.41. The minimum absolute atomic E-state index is 0.0802. The number of halogens is 2. The van der Waals surface area contributed by atoms with Crippen molar-refractivity contribution in [3.63, 3.8) is 0 Å². The first-order chi connectivity index (χ1) is 9.49. The van der Waals surface area contributed by atoms with Crippen LogP contribution in [0.4, 0.5) is 10.1 Å². The summed E-state index contributed by atoms with van der Waals surface area (Å²) in [6, 6.07) is 3.62. The van der Waals surface area contributed by atoms with Crippen LogP contribution in [-0.4, -0.2) is 17.0 Å². The molecule has 0 radical (unpaired) electrons. The number of allylic oxidation sites excluding steroid dienone is 2. The third-order valence-electron chi connectivity index (χ3n) is 3.28. The Morgan fingerprint density at radius 1 is 1.25 bits per heavy atom. The van der Waals surface area contributed by atoms with Gasteiger partial charge in [0.2, 0.25) is 5.91 Å². The average molecular weight is 298 g/mol. The SMILES string of the molecule is O=C(O)[C@H]1CC=CC[C@H]1C(=O)Nc1ccc(F)cc1Cl. The number of carboxylic acids is 1. The molecule has 1 aliphatic rings. The molecule has 2 atom stereocenters. The first kappa shape index (κ1) is 14.5. The zero-order valence-corrected chi connectivity index (χ0v) is 11.2. The normalized spacial score (nSPS) is 21.5. The molecule has 0 bridgehead atoms. The Balaban J connectivity index is 2.14. The molecule has 1 aromatic rings. The number of rotatable bonds is 3. The Labute approximate surface area is 120 Å². The summed E-state index contributed by atoms with van der Waals surface area (Å²) in [6.07, 6.45) is 4.23. The zero-order chi connectivity index (χ0) is 14.7. The van der Waals surface area contributed by atoms with E-state index < -0.39 is 29.5 Å². The van der Waals surface area contributed by atoms with Crippen LogP contribution in [-0.2, 0) is 9.59 Å². The van der Waals surface area contributed by atoms with E-state index in [-0.39, 0.29) is 10.7 Å². The number of carbonyl (C=O) groups is 2. The van der Waals surface area contributed by atoms with Gasteiger partial charge in [0.15, 0.2) is 0 Å². The fourth-order valence-corrected chi connectivity index (χ4v) is 2.41. The summed E-state index contributed by atoms with van der Waals surface area (Å²) in [7, 11) is 0. The predicted molar refractivity (Wildman–Crippen MR) is 73.0 cm³/mol. The molecule has 0 aromatic heterocycles. The fraction of sp³-hybridized carbons (Fsp3) is 0.286. The molecule has 0 heterocycles. The lowest BCUT2D eigenvalue weighted by atomic mass is 9.82. The molecule has 1 aromatic carbocycles. The fourth-order valence-electron chi connectivity index (χ4n) is 2.19. The molecule has 2 rings (SSSR count). The molecule has 0 saturated heterocycles. The van der Waals surface area contributed by atoms with Crippen LogP contribution in [0.25, 0.3) is 0 Å². The summed E-state index contributed by atoms with van der Waals surface area (Å²) >= 11 is 5.83. The molecule has 20 heavy (non-hydrogen) atoms. The van der Waals surface area contributed by atoms with E-state index >= 15 is 0 Å². The van der Waals surface area contributed by atoms with Crippen molar-refractivity contribution in [2.75, 3.05) is 5.32 Å². The number of amides is 1. The van der Waals surface area contributed by atoms with Crippen molar-refractivity contribution in [2.24, 2.45) is 11.8 Å². The zero-order valence-electron chi connectivity index (χ0n) is 10.5. The Morgan fingerprint density at radius 2 is 1.90 bits per heavy atom. The molecule has 0 fully saturated rings. The summed E-state index contributed by atoms with van der Waals surface area (Å²) in [6.45, 7) is 0. The topological polar surface area (TPSA) is 66.4 Å². The van der Waals surface area contributed by atoms with E-state index in [1.165, 1.54) is 12.1 Å². The highest BCUT2D eigenvalue weighted by atomic mass is 35.5. The largest absolute Gasteiger partial charge is 0.481 e. The van der Waals surface area contributed by atoms with Crippen LogP contribution in [0.3, 0.4) is 0 Å². The van der Waals surface area contributed by atoms with Gasteiger partial charge in [-0.25, -0.2) is 4.39 Å². The van der Waals surface area contributed by atoms with Crippen LogP contribution in [0.15, 0.2) is 30.4 Å². The number of carboxylic acid groups (broad SMARTS) is 1. The Bertz CT molecular complexity index is 574. The number of benzene rings is 1. The van der Waals surface area contributed by atoms with Gasteiger partial charge in [0.05, 0.1) is 22.5 Å². The van der Waals surface area contributed by atoms with Crippen molar-refractivity contribution in [3.05, 3.63) is 41.2 Å². The number of anilines is 1. The summed E-state index contributed by atoms with van der Waals surface area (Å²) < 4.78 is 12.9. The Hall–Kier alpha value is -1.88. The summed E-state index contributed by atoms with van der Waals surface area (Å²) in [4.78, 5) is 23.3. The molecule has 1 amide bonds. The van der Waals surface area contributed by atoms with Crippen molar-refractivity contribution in [1.82, 2.24) is 0 Å². The second-order valence-corrected chi connectivity index (χ2v) is 5.01. The number of nitrogens with one attached hydrogen (secondary N) is 1. The first-order valence-corrected chi connectivity index (χ1v) is 6.50. The van der Waals surface area contributed by atoms with Crippen LogP contribution in [0.2, 0.25) is 5.02 Å². The van der Waals surface area contributed by atoms with Crippen molar-refractivity contribution in [1.29, 1.82) is 0 Å². The number of hydrogen-bond donors (Lipinski definition) is 2. The van der Waals surface area contributed by atoms with Gasteiger partial charge in [0.25, 0.3) is 0 Å². The van der Waals surface area contributed by atoms with Gasteiger partial charge >= 0.3 is 5.97 Å². The third kappa shape index (κ3) is 3.17. The molecule has 4 nitrogen and oxygen atoms in total. The van der Waals surface area contributed by atoms with E-state index in [2.05, 4.69) is 5.32 Å². The molecule has 0 aliphatic heterocycles. The van der Waals surface area contributed by atoms with Crippen molar-refractivity contribution in [3.8, 4) is 0 Å². The van der Waals surface area contributed by atoms with Gasteiger partial charge in [-0.2, -0.15) is 0 Å². The molecule has 0 saturated carbocycles. The van der Waals surface area contributed by atoms with E-state index in [9.17, 15) is 14.0 Å². The van der Waals surface area contributed by atoms with E-state index in [1.807, 2.05) is 0 Å². The van der Waals surface area contributed by atoms with Gasteiger partial charge < -0.3 is 10.4 Å². The molecule has 106 valence electrons. The van der Waals surface area contributed by atoms with Crippen LogP contribution >= 0.6 is 11.6 Å². The highest BCUT2D eigenvalue weighted by Gasteiger charge is 2.34. The second-order valence-electron chi connectivity index (χ2n) is 4.61. The highest BCUT2D eigenvalue weighted by molar-refractivity contribution is 6.33. The number of hydrogen-bond acceptors (Lipinski definition) is 2. The highest BCUT2D eigenvalue weighted by Crippen LogP contribution is 2.29. The van der Waals surface area contributed by atoms with Crippen LogP contribution in [0, 0.1) is 17.7 Å². The standard InChI is InChI=1S/C14H13ClFNO3/c15-11-7-8(16)5-6-12(11)17-13(18)9-3-1-2-4-10(9)14(19)20/h1-2,5-7,9-10H,3-4H2,(H,17,18)(H,19,20)/t9-,10+/m1/s1. The maximum absolute atomic E-state index is 12.9. The van der Waals surface area contributed by atoms with E-state index in [0.717, 1.165) is 6.07 Å². The lowest BCUT2D eigenvalue weighted by Crippen LogP contribution is -2.34. The van der Waals surface area contributed by atoms with Crippen molar-refractivity contribution < 1.29 is 19.1 Å².